The summed E-state index contributed by atoms with van der Waals surface area (Å²) in [6.07, 6.45) is 1.98. The molecule has 1 aliphatic rings. The van der Waals surface area contributed by atoms with Gasteiger partial charge in [0.25, 0.3) is 0 Å². The zero-order valence-corrected chi connectivity index (χ0v) is 14.6. The minimum absolute atomic E-state index is 0.151. The lowest BCUT2D eigenvalue weighted by Crippen LogP contribution is -2.32. The van der Waals surface area contributed by atoms with E-state index in [2.05, 4.69) is 26.0 Å². The first-order valence-corrected chi connectivity index (χ1v) is 8.24. The van der Waals surface area contributed by atoms with Crippen LogP contribution in [0.25, 0.3) is 0 Å². The zero-order chi connectivity index (χ0) is 17.3. The molecule has 2 aromatic rings. The monoisotopic (exact) mass is 394 g/mol. The van der Waals surface area contributed by atoms with E-state index in [1.165, 1.54) is 0 Å². The van der Waals surface area contributed by atoms with Crippen LogP contribution in [0.3, 0.4) is 0 Å². The highest BCUT2D eigenvalue weighted by molar-refractivity contribution is 9.10. The maximum absolute atomic E-state index is 12.4. The smallest absolute Gasteiger partial charge is 0.387 e. The number of nitrogens with one attached hydrogen (secondary N) is 1. The molecule has 0 amide bonds. The number of ether oxygens (including phenoxy) is 1. The van der Waals surface area contributed by atoms with Gasteiger partial charge in [0, 0.05) is 11.0 Å². The molecule has 3 rings (SSSR count). The van der Waals surface area contributed by atoms with Crippen molar-refractivity contribution in [2.75, 3.05) is 6.54 Å². The highest BCUT2D eigenvalue weighted by atomic mass is 79.9. The minimum Gasteiger partial charge on any atom is -0.435 e. The molecule has 24 heavy (non-hydrogen) atoms. The van der Waals surface area contributed by atoms with Crippen LogP contribution in [0.15, 0.2) is 58.8 Å². The molecule has 126 valence electrons. The molecule has 3 nitrogen and oxygen atoms in total. The van der Waals surface area contributed by atoms with Gasteiger partial charge in [-0.25, -0.2) is 0 Å². The molecule has 1 heterocycles. The number of rotatable bonds is 4. The van der Waals surface area contributed by atoms with Gasteiger partial charge in [-0.1, -0.05) is 34.1 Å². The highest BCUT2D eigenvalue weighted by Crippen LogP contribution is 2.40. The van der Waals surface area contributed by atoms with Gasteiger partial charge in [-0.15, -0.1) is 0 Å². The molecule has 3 N–H and O–H groups in total. The van der Waals surface area contributed by atoms with Gasteiger partial charge in [0.1, 0.15) is 5.75 Å². The second-order valence-corrected chi connectivity index (χ2v) is 6.71. The number of alkyl halides is 2. The van der Waals surface area contributed by atoms with Crippen molar-refractivity contribution < 1.29 is 13.5 Å². The number of nitrogens with two attached hydrogens (primary N) is 1. The second kappa shape index (κ2) is 6.43. The average molecular weight is 395 g/mol. The van der Waals surface area contributed by atoms with Gasteiger partial charge in [0.05, 0.1) is 11.2 Å². The van der Waals surface area contributed by atoms with Crippen LogP contribution in [0.2, 0.25) is 0 Å². The molecular weight excluding hydrogens is 378 g/mol. The van der Waals surface area contributed by atoms with Crippen molar-refractivity contribution in [2.24, 2.45) is 5.73 Å². The lowest BCUT2D eigenvalue weighted by Gasteiger charge is -2.30. The van der Waals surface area contributed by atoms with Crippen LogP contribution in [0.4, 0.5) is 8.78 Å². The van der Waals surface area contributed by atoms with E-state index >= 15 is 0 Å². The predicted molar refractivity (Wildman–Crippen MR) is 93.0 cm³/mol. The fourth-order valence-corrected chi connectivity index (χ4v) is 3.60. The van der Waals surface area contributed by atoms with E-state index in [9.17, 15) is 8.78 Å². The molecule has 0 fully saturated rings. The Labute approximate surface area is 147 Å². The first kappa shape index (κ1) is 16.8. The third-order valence-electron chi connectivity index (χ3n) is 4.22. The van der Waals surface area contributed by atoms with E-state index in [1.54, 1.807) is 12.1 Å². The summed E-state index contributed by atoms with van der Waals surface area (Å²) in [6, 6.07) is 13.0. The third kappa shape index (κ3) is 3.11. The quantitative estimate of drug-likeness (QED) is 0.822. The number of hydrogen-bond donors (Lipinski definition) is 2. The Kier molecular flexibility index (Phi) is 4.49. The average Bonchev–Trinajstić information content (AvgIpc) is 2.90. The molecular formula is C18H17BrF2N2O. The van der Waals surface area contributed by atoms with Crippen LogP contribution in [0.5, 0.6) is 5.75 Å². The molecule has 0 aromatic heterocycles. The molecule has 0 saturated carbocycles. The fraction of sp³-hybridized carbons (Fsp3) is 0.222. The lowest BCUT2D eigenvalue weighted by molar-refractivity contribution is -0.0498. The van der Waals surface area contributed by atoms with E-state index in [-0.39, 0.29) is 5.75 Å². The minimum atomic E-state index is -2.84. The Hall–Kier alpha value is -2.08. The topological polar surface area (TPSA) is 47.3 Å². The number of hydrogen-bond acceptors (Lipinski definition) is 3. The fourth-order valence-electron chi connectivity index (χ4n) is 3.20. The molecule has 2 aromatic carbocycles. The number of aryl methyl sites for hydroxylation is 1. The van der Waals surface area contributed by atoms with Crippen LogP contribution >= 0.6 is 15.9 Å². The third-order valence-corrected chi connectivity index (χ3v) is 4.71. The van der Waals surface area contributed by atoms with E-state index < -0.39 is 12.0 Å². The molecule has 6 heteroatoms. The van der Waals surface area contributed by atoms with Crippen molar-refractivity contribution in [2.45, 2.75) is 19.0 Å². The molecule has 0 spiro atoms. The van der Waals surface area contributed by atoms with Gasteiger partial charge >= 0.3 is 6.61 Å². The van der Waals surface area contributed by atoms with Gasteiger partial charge < -0.3 is 15.8 Å². The summed E-state index contributed by atoms with van der Waals surface area (Å²) in [7, 11) is 0. The van der Waals surface area contributed by atoms with Gasteiger partial charge in [-0.2, -0.15) is 8.78 Å². The normalized spacial score (nSPS) is 20.0. The predicted octanol–water partition coefficient (Wildman–Crippen LogP) is 4.05. The molecule has 0 radical (unpaired) electrons. The summed E-state index contributed by atoms with van der Waals surface area (Å²) in [6.45, 7) is -0.348. The summed E-state index contributed by atoms with van der Waals surface area (Å²) >= 11 is 3.50. The highest BCUT2D eigenvalue weighted by Gasteiger charge is 2.37. The first-order chi connectivity index (χ1) is 11.4. The standard InChI is InChI=1S/C18H17BrF2N2O/c1-11-7-14(24-17(20)21)5-6-15(11)18(9-16(22)23-10-18)12-3-2-4-13(19)8-12/h2-9,17,23H,10,22H2,1H3. The van der Waals surface area contributed by atoms with Crippen molar-refractivity contribution in [1.29, 1.82) is 0 Å². The number of halogens is 3. The van der Waals surface area contributed by atoms with Crippen LogP contribution in [0, 0.1) is 6.92 Å². The molecule has 0 saturated heterocycles. The van der Waals surface area contributed by atoms with E-state index in [0.717, 1.165) is 21.2 Å². The van der Waals surface area contributed by atoms with Crippen LogP contribution in [-0.4, -0.2) is 13.2 Å². The van der Waals surface area contributed by atoms with Gasteiger partial charge in [-0.3, -0.25) is 0 Å². The first-order valence-electron chi connectivity index (χ1n) is 7.45. The molecule has 0 aliphatic carbocycles. The summed E-state index contributed by atoms with van der Waals surface area (Å²) < 4.78 is 30.3. The summed E-state index contributed by atoms with van der Waals surface area (Å²) in [5, 5.41) is 3.17. The Morgan fingerprint density at radius 2 is 2.04 bits per heavy atom. The van der Waals surface area contributed by atoms with E-state index in [0.29, 0.717) is 12.4 Å². The molecule has 1 unspecified atom stereocenters. The molecule has 0 bridgehead atoms. The summed E-state index contributed by atoms with van der Waals surface area (Å²) in [5.74, 6) is 0.751. The summed E-state index contributed by atoms with van der Waals surface area (Å²) in [5.41, 5.74) is 8.45. The maximum Gasteiger partial charge on any atom is 0.387 e. The van der Waals surface area contributed by atoms with E-state index in [1.807, 2.05) is 43.3 Å². The van der Waals surface area contributed by atoms with Crippen molar-refractivity contribution in [1.82, 2.24) is 5.32 Å². The van der Waals surface area contributed by atoms with Gasteiger partial charge in [0.2, 0.25) is 0 Å². The second-order valence-electron chi connectivity index (χ2n) is 5.79. The number of benzene rings is 2. The Morgan fingerprint density at radius 1 is 1.25 bits per heavy atom. The Balaban J connectivity index is 2.11. The van der Waals surface area contributed by atoms with Crippen molar-refractivity contribution in [3.05, 3.63) is 75.5 Å². The molecule has 1 atom stereocenters. The Morgan fingerprint density at radius 3 is 2.62 bits per heavy atom. The van der Waals surface area contributed by atoms with Crippen molar-refractivity contribution in [3.63, 3.8) is 0 Å². The van der Waals surface area contributed by atoms with Crippen LogP contribution in [0.1, 0.15) is 16.7 Å². The largest absolute Gasteiger partial charge is 0.435 e. The molecule has 1 aliphatic heterocycles. The van der Waals surface area contributed by atoms with Gasteiger partial charge in [-0.05, 0) is 54.0 Å². The van der Waals surface area contributed by atoms with E-state index in [4.69, 9.17) is 5.73 Å². The Bertz CT molecular complexity index is 794. The lowest BCUT2D eigenvalue weighted by atomic mass is 9.74. The SMILES string of the molecule is Cc1cc(OC(F)F)ccc1C1(c2cccc(Br)c2)C=C(N)NC1. The van der Waals surface area contributed by atoms with Crippen molar-refractivity contribution in [3.8, 4) is 5.75 Å². The van der Waals surface area contributed by atoms with Gasteiger partial charge in [0.15, 0.2) is 0 Å². The van der Waals surface area contributed by atoms with Crippen LogP contribution in [-0.2, 0) is 5.41 Å². The van der Waals surface area contributed by atoms with Crippen LogP contribution < -0.4 is 15.8 Å². The summed E-state index contributed by atoms with van der Waals surface area (Å²) in [4.78, 5) is 0. The van der Waals surface area contributed by atoms with Crippen molar-refractivity contribution >= 4 is 15.9 Å². The zero-order valence-electron chi connectivity index (χ0n) is 13.0. The maximum atomic E-state index is 12.4.